The second kappa shape index (κ2) is 6.19. The van der Waals surface area contributed by atoms with Crippen molar-refractivity contribution in [2.75, 3.05) is 32.1 Å². The maximum atomic E-state index is 13.0. The highest BCUT2D eigenvalue weighted by molar-refractivity contribution is 5.73. The molecule has 3 rings (SSSR count). The van der Waals surface area contributed by atoms with Gasteiger partial charge in [-0.05, 0) is 6.07 Å². The number of carbonyl (C=O) groups excluding carboxylic acids is 1. The van der Waals surface area contributed by atoms with Gasteiger partial charge in [0.2, 0.25) is 5.95 Å². The van der Waals surface area contributed by atoms with Gasteiger partial charge in [0.05, 0.1) is 30.7 Å². The van der Waals surface area contributed by atoms with Crippen molar-refractivity contribution in [1.29, 1.82) is 0 Å². The number of hydrogen-bond donors (Lipinski definition) is 1. The lowest BCUT2D eigenvalue weighted by Gasteiger charge is -2.34. The van der Waals surface area contributed by atoms with Crippen LogP contribution in [-0.4, -0.2) is 57.9 Å². The molecule has 23 heavy (non-hydrogen) atoms. The monoisotopic (exact) mass is 319 g/mol. The summed E-state index contributed by atoms with van der Waals surface area (Å²) in [6.07, 6.45) is 4.03. The largest absolute Gasteiger partial charge is 0.336 e. The van der Waals surface area contributed by atoms with Crippen LogP contribution in [-0.2, 0) is 6.54 Å². The van der Waals surface area contributed by atoms with E-state index in [1.54, 1.807) is 20.3 Å². The van der Waals surface area contributed by atoms with E-state index >= 15 is 0 Å². The molecule has 2 amide bonds. The highest BCUT2D eigenvalue weighted by Gasteiger charge is 2.27. The number of amides is 2. The number of nitrogens with zero attached hydrogens (tertiary/aromatic N) is 6. The minimum Gasteiger partial charge on any atom is -0.336 e. The molecule has 0 fully saturated rings. The summed E-state index contributed by atoms with van der Waals surface area (Å²) in [7, 11) is 3.38. The Balaban J connectivity index is 1.77. The van der Waals surface area contributed by atoms with Crippen LogP contribution in [0.4, 0.5) is 15.1 Å². The molecule has 0 saturated heterocycles. The second-order valence-electron chi connectivity index (χ2n) is 5.58. The number of anilines is 1. The van der Waals surface area contributed by atoms with E-state index < -0.39 is 5.82 Å². The second-order valence-corrected chi connectivity index (χ2v) is 5.58. The first kappa shape index (κ1) is 15.2. The molecular formula is C14H18FN7O. The van der Waals surface area contributed by atoms with Gasteiger partial charge in [0.25, 0.3) is 0 Å². The molecule has 122 valence electrons. The topological polar surface area (TPSA) is 79.2 Å². The number of carbonyl (C=O) groups is 1. The Bertz CT molecular complexity index is 685. The summed E-state index contributed by atoms with van der Waals surface area (Å²) in [5.74, 6) is -0.00613. The standard InChI is InChI=1S/C14H18FN7O/c1-20(2)14(23)18-7-12-9-21(8-11-3-4-19-22(11)12)13-16-5-10(15)6-17-13/h3-6,12H,7-9H2,1-2H3,(H,18,23)/t12-/m0/s1. The molecule has 2 aromatic rings. The summed E-state index contributed by atoms with van der Waals surface area (Å²) >= 11 is 0. The summed E-state index contributed by atoms with van der Waals surface area (Å²) < 4.78 is 14.9. The van der Waals surface area contributed by atoms with Crippen LogP contribution in [0.1, 0.15) is 11.7 Å². The van der Waals surface area contributed by atoms with Crippen molar-refractivity contribution in [2.45, 2.75) is 12.6 Å². The Morgan fingerprint density at radius 3 is 2.87 bits per heavy atom. The molecule has 0 aliphatic carbocycles. The van der Waals surface area contributed by atoms with E-state index in [1.165, 1.54) is 4.90 Å². The molecule has 3 heterocycles. The molecule has 8 nitrogen and oxygen atoms in total. The van der Waals surface area contributed by atoms with Gasteiger partial charge in [-0.2, -0.15) is 5.10 Å². The molecule has 0 aromatic carbocycles. The van der Waals surface area contributed by atoms with Gasteiger partial charge in [0.15, 0.2) is 5.82 Å². The average Bonchev–Trinajstić information content (AvgIpc) is 3.01. The van der Waals surface area contributed by atoms with Gasteiger partial charge in [0, 0.05) is 33.4 Å². The maximum Gasteiger partial charge on any atom is 0.316 e. The molecule has 1 atom stereocenters. The van der Waals surface area contributed by atoms with Crippen molar-refractivity contribution in [3.05, 3.63) is 36.2 Å². The van der Waals surface area contributed by atoms with Gasteiger partial charge in [-0.15, -0.1) is 0 Å². The molecule has 0 unspecified atom stereocenters. The van der Waals surface area contributed by atoms with Crippen molar-refractivity contribution in [2.24, 2.45) is 0 Å². The third kappa shape index (κ3) is 3.22. The number of rotatable bonds is 3. The first-order valence-corrected chi connectivity index (χ1v) is 7.24. The fraction of sp³-hybridized carbons (Fsp3) is 0.429. The molecule has 0 spiro atoms. The Morgan fingerprint density at radius 1 is 1.43 bits per heavy atom. The smallest absolute Gasteiger partial charge is 0.316 e. The predicted octanol–water partition coefficient (Wildman–Crippen LogP) is 0.645. The fourth-order valence-electron chi connectivity index (χ4n) is 2.52. The molecule has 1 N–H and O–H groups in total. The van der Waals surface area contributed by atoms with Crippen molar-refractivity contribution in [3.63, 3.8) is 0 Å². The zero-order valence-corrected chi connectivity index (χ0v) is 13.0. The first-order chi connectivity index (χ1) is 11.0. The molecule has 0 saturated carbocycles. The van der Waals surface area contributed by atoms with E-state index in [0.29, 0.717) is 25.6 Å². The molecule has 1 aliphatic rings. The van der Waals surface area contributed by atoms with Crippen LogP contribution in [0.2, 0.25) is 0 Å². The summed E-state index contributed by atoms with van der Waals surface area (Å²) in [6.45, 7) is 1.60. The predicted molar refractivity (Wildman–Crippen MR) is 81.4 cm³/mol. The summed E-state index contributed by atoms with van der Waals surface area (Å²) in [6, 6.07) is 1.70. The lowest BCUT2D eigenvalue weighted by molar-refractivity contribution is 0.214. The number of aromatic nitrogens is 4. The van der Waals surface area contributed by atoms with Crippen molar-refractivity contribution in [3.8, 4) is 0 Å². The van der Waals surface area contributed by atoms with E-state index in [1.807, 2.05) is 15.6 Å². The van der Waals surface area contributed by atoms with Gasteiger partial charge >= 0.3 is 6.03 Å². The van der Waals surface area contributed by atoms with Crippen LogP contribution in [0.3, 0.4) is 0 Å². The Kier molecular flexibility index (Phi) is 4.09. The average molecular weight is 319 g/mol. The van der Waals surface area contributed by atoms with Gasteiger partial charge in [0.1, 0.15) is 0 Å². The number of hydrogen-bond acceptors (Lipinski definition) is 5. The summed E-state index contributed by atoms with van der Waals surface area (Å²) in [5.41, 5.74) is 0.994. The van der Waals surface area contributed by atoms with Crippen molar-refractivity contribution < 1.29 is 9.18 Å². The number of fused-ring (bicyclic) bond motifs is 1. The van der Waals surface area contributed by atoms with Crippen LogP contribution in [0.15, 0.2) is 24.7 Å². The van der Waals surface area contributed by atoms with Gasteiger partial charge in [-0.25, -0.2) is 19.2 Å². The molecule has 0 bridgehead atoms. The Morgan fingerprint density at radius 2 is 2.17 bits per heavy atom. The fourth-order valence-corrected chi connectivity index (χ4v) is 2.52. The summed E-state index contributed by atoms with van der Waals surface area (Å²) in [5, 5.41) is 7.19. The van der Waals surface area contributed by atoms with E-state index in [2.05, 4.69) is 20.4 Å². The molecule has 1 aliphatic heterocycles. The maximum absolute atomic E-state index is 13.0. The highest BCUT2D eigenvalue weighted by Crippen LogP contribution is 2.22. The zero-order valence-electron chi connectivity index (χ0n) is 13.0. The van der Waals surface area contributed by atoms with Crippen molar-refractivity contribution in [1.82, 2.24) is 30.0 Å². The van der Waals surface area contributed by atoms with Gasteiger partial charge in [-0.3, -0.25) is 4.68 Å². The molecule has 2 aromatic heterocycles. The Hall–Kier alpha value is -2.71. The minimum absolute atomic E-state index is 0.0497. The van der Waals surface area contributed by atoms with Crippen LogP contribution in [0.25, 0.3) is 0 Å². The molecular weight excluding hydrogens is 301 g/mol. The molecule has 9 heteroatoms. The van der Waals surface area contributed by atoms with E-state index in [0.717, 1.165) is 18.1 Å². The highest BCUT2D eigenvalue weighted by atomic mass is 19.1. The number of urea groups is 1. The van der Waals surface area contributed by atoms with Gasteiger partial charge in [-0.1, -0.05) is 0 Å². The zero-order chi connectivity index (χ0) is 16.4. The lowest BCUT2D eigenvalue weighted by atomic mass is 10.2. The van der Waals surface area contributed by atoms with Gasteiger partial charge < -0.3 is 15.1 Å². The van der Waals surface area contributed by atoms with Crippen LogP contribution >= 0.6 is 0 Å². The van der Waals surface area contributed by atoms with E-state index in [4.69, 9.17) is 0 Å². The van der Waals surface area contributed by atoms with Crippen molar-refractivity contribution >= 4 is 12.0 Å². The summed E-state index contributed by atoms with van der Waals surface area (Å²) in [4.78, 5) is 23.2. The normalized spacial score (nSPS) is 16.8. The lowest BCUT2D eigenvalue weighted by Crippen LogP contribution is -2.45. The van der Waals surface area contributed by atoms with Crippen LogP contribution in [0.5, 0.6) is 0 Å². The third-order valence-electron chi connectivity index (χ3n) is 3.67. The third-order valence-corrected chi connectivity index (χ3v) is 3.67. The SMILES string of the molecule is CN(C)C(=O)NC[C@H]1CN(c2ncc(F)cn2)Cc2ccnn21. The van der Waals surface area contributed by atoms with E-state index in [-0.39, 0.29) is 12.1 Å². The number of nitrogens with one attached hydrogen (secondary N) is 1. The quantitative estimate of drug-likeness (QED) is 0.898. The van der Waals surface area contributed by atoms with E-state index in [9.17, 15) is 9.18 Å². The van der Waals surface area contributed by atoms with Crippen LogP contribution < -0.4 is 10.2 Å². The Labute approximate surface area is 132 Å². The van der Waals surface area contributed by atoms with Crippen LogP contribution in [0, 0.1) is 5.82 Å². The first-order valence-electron chi connectivity index (χ1n) is 7.24. The number of halogens is 1. The minimum atomic E-state index is -0.467. The molecule has 0 radical (unpaired) electrons.